The molecule has 2 aromatic rings. The van der Waals surface area contributed by atoms with Gasteiger partial charge in [0, 0.05) is 19.5 Å². The molecule has 2 aromatic carbocycles. The van der Waals surface area contributed by atoms with Crippen LogP contribution in [-0.2, 0) is 0 Å². The molecular weight excluding hydrogens is 444 g/mol. The Morgan fingerprint density at radius 2 is 1.53 bits per heavy atom. The summed E-state index contributed by atoms with van der Waals surface area (Å²) in [5.74, 6) is 0. The van der Waals surface area contributed by atoms with E-state index in [2.05, 4.69) is 53.1 Å². The highest BCUT2D eigenvalue weighted by atomic mass is 79.9. The number of benzene rings is 2. The first-order valence-corrected chi connectivity index (χ1v) is 7.51. The molecule has 0 aliphatic rings. The molecule has 4 nitrogen and oxygen atoms in total. The van der Waals surface area contributed by atoms with E-state index in [4.69, 9.17) is 0 Å². The fraction of sp³-hybridized carbons (Fsp3) is 0. The van der Waals surface area contributed by atoms with Crippen LogP contribution in [0.1, 0.15) is 0 Å². The first-order chi connectivity index (χ1) is 8.97. The van der Waals surface area contributed by atoms with Crippen molar-refractivity contribution in [2.45, 2.75) is 0 Å². The minimum atomic E-state index is -0.417. The maximum atomic E-state index is 11.0. The third kappa shape index (κ3) is 3.55. The van der Waals surface area contributed by atoms with Crippen LogP contribution in [0, 0.1) is 10.1 Å². The molecule has 0 fully saturated rings. The zero-order valence-corrected chi connectivity index (χ0v) is 14.1. The standard InChI is InChI=1S/C12H7Br3N2O2/c13-7-1-3-10(9(15)5-7)16-11-4-2-8(14)6-12(11)17(18)19/h1-6,16H. The van der Waals surface area contributed by atoms with Gasteiger partial charge in [-0.15, -0.1) is 0 Å². The van der Waals surface area contributed by atoms with E-state index in [1.807, 2.05) is 18.2 Å². The highest BCUT2D eigenvalue weighted by molar-refractivity contribution is 9.11. The summed E-state index contributed by atoms with van der Waals surface area (Å²) in [5, 5.41) is 14.1. The second-order valence-corrected chi connectivity index (χ2v) is 6.35. The molecule has 1 N–H and O–H groups in total. The van der Waals surface area contributed by atoms with Gasteiger partial charge in [0.15, 0.2) is 0 Å². The van der Waals surface area contributed by atoms with Crippen molar-refractivity contribution in [3.05, 3.63) is 59.9 Å². The summed E-state index contributed by atoms with van der Waals surface area (Å²) < 4.78 is 2.41. The van der Waals surface area contributed by atoms with E-state index in [9.17, 15) is 10.1 Å². The lowest BCUT2D eigenvalue weighted by Crippen LogP contribution is -1.97. The van der Waals surface area contributed by atoms with Gasteiger partial charge in [-0.1, -0.05) is 31.9 Å². The number of anilines is 2. The van der Waals surface area contributed by atoms with Crippen LogP contribution in [-0.4, -0.2) is 4.92 Å². The van der Waals surface area contributed by atoms with Crippen LogP contribution in [0.15, 0.2) is 49.8 Å². The summed E-state index contributed by atoms with van der Waals surface area (Å²) in [6, 6.07) is 10.4. The summed E-state index contributed by atoms with van der Waals surface area (Å²) in [6.07, 6.45) is 0. The topological polar surface area (TPSA) is 55.2 Å². The van der Waals surface area contributed by atoms with Gasteiger partial charge in [0.25, 0.3) is 5.69 Å². The Bertz CT molecular complexity index is 647. The number of nitro benzene ring substituents is 1. The first kappa shape index (κ1) is 14.5. The molecule has 0 heterocycles. The molecule has 2 rings (SSSR count). The fourth-order valence-corrected chi connectivity index (χ4v) is 2.99. The van der Waals surface area contributed by atoms with Crippen LogP contribution in [0.4, 0.5) is 17.1 Å². The molecule has 0 saturated carbocycles. The Kier molecular flexibility index (Phi) is 4.59. The summed E-state index contributed by atoms with van der Waals surface area (Å²) in [7, 11) is 0. The molecule has 98 valence electrons. The Morgan fingerprint density at radius 3 is 2.11 bits per heavy atom. The van der Waals surface area contributed by atoms with Gasteiger partial charge in [0.1, 0.15) is 5.69 Å². The molecule has 0 aromatic heterocycles. The number of nitrogens with zero attached hydrogens (tertiary/aromatic N) is 1. The molecule has 0 aliphatic heterocycles. The van der Waals surface area contributed by atoms with Crippen molar-refractivity contribution >= 4 is 64.9 Å². The average molecular weight is 451 g/mol. The van der Waals surface area contributed by atoms with Gasteiger partial charge in [0.2, 0.25) is 0 Å². The van der Waals surface area contributed by atoms with Crippen LogP contribution in [0.25, 0.3) is 0 Å². The second-order valence-electron chi connectivity index (χ2n) is 3.67. The van der Waals surface area contributed by atoms with Gasteiger partial charge >= 0.3 is 0 Å². The predicted octanol–water partition coefficient (Wildman–Crippen LogP) is 5.63. The molecule has 0 radical (unpaired) electrons. The molecule has 0 atom stereocenters. The highest BCUT2D eigenvalue weighted by Crippen LogP contribution is 2.34. The Hall–Kier alpha value is -0.920. The lowest BCUT2D eigenvalue weighted by Gasteiger charge is -2.09. The van der Waals surface area contributed by atoms with Crippen molar-refractivity contribution in [1.29, 1.82) is 0 Å². The smallest absolute Gasteiger partial charge is 0.293 e. The summed E-state index contributed by atoms with van der Waals surface area (Å²) in [6.45, 7) is 0. The fourth-order valence-electron chi connectivity index (χ4n) is 1.50. The maximum absolute atomic E-state index is 11.0. The molecule has 0 aliphatic carbocycles. The van der Waals surface area contributed by atoms with Gasteiger partial charge in [-0.2, -0.15) is 0 Å². The van der Waals surface area contributed by atoms with E-state index >= 15 is 0 Å². The molecule has 0 bridgehead atoms. The lowest BCUT2D eigenvalue weighted by atomic mass is 10.2. The minimum Gasteiger partial charge on any atom is -0.349 e. The van der Waals surface area contributed by atoms with Gasteiger partial charge in [-0.05, 0) is 46.3 Å². The van der Waals surface area contributed by atoms with Gasteiger partial charge in [-0.25, -0.2) is 0 Å². The molecule has 0 saturated heterocycles. The molecule has 19 heavy (non-hydrogen) atoms. The number of halogens is 3. The first-order valence-electron chi connectivity index (χ1n) is 5.13. The summed E-state index contributed by atoms with van der Waals surface area (Å²) in [4.78, 5) is 10.6. The van der Waals surface area contributed by atoms with Crippen LogP contribution in [0.2, 0.25) is 0 Å². The van der Waals surface area contributed by atoms with Crippen LogP contribution >= 0.6 is 47.8 Å². The van der Waals surface area contributed by atoms with Crippen LogP contribution in [0.3, 0.4) is 0 Å². The number of hydrogen-bond donors (Lipinski definition) is 1. The van der Waals surface area contributed by atoms with Crippen molar-refractivity contribution in [3.8, 4) is 0 Å². The zero-order chi connectivity index (χ0) is 14.0. The number of rotatable bonds is 3. The number of hydrogen-bond acceptors (Lipinski definition) is 3. The van der Waals surface area contributed by atoms with Crippen molar-refractivity contribution < 1.29 is 4.92 Å². The summed E-state index contributed by atoms with van der Waals surface area (Å²) in [5.41, 5.74) is 1.22. The van der Waals surface area contributed by atoms with E-state index in [0.29, 0.717) is 10.2 Å². The molecule has 7 heteroatoms. The van der Waals surface area contributed by atoms with Crippen molar-refractivity contribution in [2.24, 2.45) is 0 Å². The third-order valence-electron chi connectivity index (χ3n) is 2.36. The number of nitro groups is 1. The molecular formula is C12H7Br3N2O2. The van der Waals surface area contributed by atoms with Crippen LogP contribution < -0.4 is 5.32 Å². The number of nitrogens with one attached hydrogen (secondary N) is 1. The van der Waals surface area contributed by atoms with E-state index in [-0.39, 0.29) is 5.69 Å². The molecule has 0 unspecified atom stereocenters. The predicted molar refractivity (Wildman–Crippen MR) is 85.9 cm³/mol. The SMILES string of the molecule is O=[N+]([O-])c1cc(Br)ccc1Nc1ccc(Br)cc1Br. The summed E-state index contributed by atoms with van der Waals surface area (Å²) >= 11 is 9.99. The quantitative estimate of drug-likeness (QED) is 0.487. The lowest BCUT2D eigenvalue weighted by molar-refractivity contribution is -0.384. The Balaban J connectivity index is 2.40. The van der Waals surface area contributed by atoms with Gasteiger partial charge in [-0.3, -0.25) is 10.1 Å². The van der Waals surface area contributed by atoms with E-state index in [0.717, 1.165) is 14.6 Å². The van der Waals surface area contributed by atoms with Crippen molar-refractivity contribution in [2.75, 3.05) is 5.32 Å². The monoisotopic (exact) mass is 448 g/mol. The van der Waals surface area contributed by atoms with E-state index in [1.54, 1.807) is 12.1 Å². The Morgan fingerprint density at radius 1 is 0.947 bits per heavy atom. The maximum Gasteiger partial charge on any atom is 0.293 e. The van der Waals surface area contributed by atoms with Crippen molar-refractivity contribution in [3.63, 3.8) is 0 Å². The van der Waals surface area contributed by atoms with E-state index < -0.39 is 4.92 Å². The average Bonchev–Trinajstić information content (AvgIpc) is 2.34. The zero-order valence-electron chi connectivity index (χ0n) is 9.36. The second kappa shape index (κ2) is 6.02. The van der Waals surface area contributed by atoms with E-state index in [1.165, 1.54) is 6.07 Å². The van der Waals surface area contributed by atoms with Gasteiger partial charge in [0.05, 0.1) is 10.6 Å². The Labute approximate surface area is 134 Å². The third-order valence-corrected chi connectivity index (χ3v) is 4.00. The minimum absolute atomic E-state index is 0.0178. The normalized spacial score (nSPS) is 10.3. The molecule has 0 spiro atoms. The highest BCUT2D eigenvalue weighted by Gasteiger charge is 2.15. The molecule has 0 amide bonds. The van der Waals surface area contributed by atoms with Crippen molar-refractivity contribution in [1.82, 2.24) is 0 Å². The van der Waals surface area contributed by atoms with Crippen LogP contribution in [0.5, 0.6) is 0 Å². The van der Waals surface area contributed by atoms with Gasteiger partial charge < -0.3 is 5.32 Å². The largest absolute Gasteiger partial charge is 0.349 e.